The molecule has 0 bridgehead atoms. The Labute approximate surface area is 167 Å². The van der Waals surface area contributed by atoms with Gasteiger partial charge in [0.1, 0.15) is 0 Å². The molecule has 4 nitrogen and oxygen atoms in total. The molecule has 5 heteroatoms. The number of aryl methyl sites for hydroxylation is 3. The lowest BCUT2D eigenvalue weighted by atomic mass is 10.0. The van der Waals surface area contributed by atoms with Gasteiger partial charge in [0, 0.05) is 17.4 Å². The minimum atomic E-state index is 0.0480. The molecule has 27 heavy (non-hydrogen) atoms. The largest absolute Gasteiger partial charge is 0.325 e. The van der Waals surface area contributed by atoms with Crippen molar-refractivity contribution in [2.24, 2.45) is 0 Å². The molecule has 0 unspecified atom stereocenters. The molecule has 1 N–H and O–H groups in total. The van der Waals surface area contributed by atoms with Crippen LogP contribution < -0.4 is 5.32 Å². The minimum absolute atomic E-state index is 0.0480. The van der Waals surface area contributed by atoms with Gasteiger partial charge < -0.3 is 9.88 Å². The van der Waals surface area contributed by atoms with Crippen LogP contribution in [0.15, 0.2) is 23.4 Å². The number of hydrogen-bond acceptors (Lipinski definition) is 3. The van der Waals surface area contributed by atoms with Crippen molar-refractivity contribution < 1.29 is 4.79 Å². The highest BCUT2D eigenvalue weighted by molar-refractivity contribution is 7.99. The zero-order chi connectivity index (χ0) is 19.4. The Morgan fingerprint density at radius 2 is 1.81 bits per heavy atom. The van der Waals surface area contributed by atoms with E-state index in [1.807, 2.05) is 0 Å². The summed E-state index contributed by atoms with van der Waals surface area (Å²) in [4.78, 5) is 17.4. The van der Waals surface area contributed by atoms with Gasteiger partial charge in [-0.3, -0.25) is 4.79 Å². The first-order valence-electron chi connectivity index (χ1n) is 10.1. The van der Waals surface area contributed by atoms with Crippen molar-refractivity contribution in [1.29, 1.82) is 0 Å². The number of nitrogens with one attached hydrogen (secondary N) is 1. The van der Waals surface area contributed by atoms with E-state index >= 15 is 0 Å². The molecule has 1 fully saturated rings. The second-order valence-electron chi connectivity index (χ2n) is 7.37. The van der Waals surface area contributed by atoms with Crippen molar-refractivity contribution in [2.75, 3.05) is 11.1 Å². The second kappa shape index (κ2) is 8.96. The van der Waals surface area contributed by atoms with Gasteiger partial charge in [-0.25, -0.2) is 4.98 Å². The quantitative estimate of drug-likeness (QED) is 0.643. The lowest BCUT2D eigenvalue weighted by molar-refractivity contribution is -0.113. The van der Waals surface area contributed by atoms with Gasteiger partial charge in [-0.05, 0) is 50.7 Å². The predicted octanol–water partition coefficient (Wildman–Crippen LogP) is 5.47. The van der Waals surface area contributed by atoms with E-state index in [0.29, 0.717) is 11.8 Å². The van der Waals surface area contributed by atoms with Crippen LogP contribution in [0.1, 0.15) is 68.1 Å². The molecular weight excluding hydrogens is 354 g/mol. The number of para-hydroxylation sites is 1. The minimum Gasteiger partial charge on any atom is -0.325 e. The van der Waals surface area contributed by atoms with E-state index in [2.05, 4.69) is 55.8 Å². The normalized spacial score (nSPS) is 14.7. The van der Waals surface area contributed by atoms with Crippen molar-refractivity contribution in [2.45, 2.75) is 77.4 Å². The van der Waals surface area contributed by atoms with Crippen molar-refractivity contribution in [3.63, 3.8) is 0 Å². The highest BCUT2D eigenvalue weighted by Crippen LogP contribution is 2.35. The molecule has 0 atom stereocenters. The van der Waals surface area contributed by atoms with Crippen LogP contribution in [-0.4, -0.2) is 21.2 Å². The van der Waals surface area contributed by atoms with Crippen LogP contribution in [0, 0.1) is 13.8 Å². The van der Waals surface area contributed by atoms with Crippen LogP contribution in [0.4, 0.5) is 5.69 Å². The topological polar surface area (TPSA) is 46.9 Å². The second-order valence-corrected chi connectivity index (χ2v) is 8.31. The average Bonchev–Trinajstić information content (AvgIpc) is 3.28. The highest BCUT2D eigenvalue weighted by Gasteiger charge is 2.23. The van der Waals surface area contributed by atoms with Crippen molar-refractivity contribution in [3.05, 3.63) is 40.7 Å². The molecule has 0 saturated heterocycles. The molecule has 1 aromatic heterocycles. The van der Waals surface area contributed by atoms with Crippen LogP contribution in [0.2, 0.25) is 0 Å². The number of benzene rings is 1. The van der Waals surface area contributed by atoms with Crippen LogP contribution in [0.25, 0.3) is 0 Å². The van der Waals surface area contributed by atoms with E-state index in [1.54, 1.807) is 11.8 Å². The summed E-state index contributed by atoms with van der Waals surface area (Å²) in [5, 5.41) is 4.16. The average molecular weight is 386 g/mol. The van der Waals surface area contributed by atoms with E-state index in [9.17, 15) is 4.79 Å². The molecule has 0 aliphatic heterocycles. The fourth-order valence-corrected chi connectivity index (χ4v) is 4.96. The molecule has 3 rings (SSSR count). The Morgan fingerprint density at radius 1 is 1.19 bits per heavy atom. The lowest BCUT2D eigenvalue weighted by Gasteiger charge is -2.17. The summed E-state index contributed by atoms with van der Waals surface area (Å²) < 4.78 is 2.37. The summed E-state index contributed by atoms with van der Waals surface area (Å²) in [6.07, 6.45) is 6.86. The Hall–Kier alpha value is -1.75. The smallest absolute Gasteiger partial charge is 0.234 e. The molecule has 0 spiro atoms. The van der Waals surface area contributed by atoms with E-state index in [1.165, 1.54) is 42.5 Å². The van der Waals surface area contributed by atoms with E-state index < -0.39 is 0 Å². The van der Waals surface area contributed by atoms with E-state index in [-0.39, 0.29) is 5.91 Å². The first-order chi connectivity index (χ1) is 13.0. The molecule has 1 aliphatic rings. The number of rotatable bonds is 7. The van der Waals surface area contributed by atoms with E-state index in [4.69, 9.17) is 4.98 Å². The van der Waals surface area contributed by atoms with Gasteiger partial charge >= 0.3 is 0 Å². The number of hydrogen-bond donors (Lipinski definition) is 1. The summed E-state index contributed by atoms with van der Waals surface area (Å²) in [5.41, 5.74) is 5.72. The number of imidazole rings is 1. The third-order valence-electron chi connectivity index (χ3n) is 5.64. The van der Waals surface area contributed by atoms with Crippen molar-refractivity contribution in [1.82, 2.24) is 9.55 Å². The van der Waals surface area contributed by atoms with Crippen LogP contribution in [0.5, 0.6) is 0 Å². The summed E-state index contributed by atoms with van der Waals surface area (Å²) in [7, 11) is 0. The molecule has 1 aromatic carbocycles. The maximum absolute atomic E-state index is 12.7. The molecule has 0 radical (unpaired) electrons. The monoisotopic (exact) mass is 385 g/mol. The fourth-order valence-electron chi connectivity index (χ4n) is 4.00. The molecule has 1 heterocycles. The fraction of sp³-hybridized carbons (Fsp3) is 0.545. The third kappa shape index (κ3) is 4.40. The van der Waals surface area contributed by atoms with Gasteiger partial charge in [-0.15, -0.1) is 0 Å². The van der Waals surface area contributed by atoms with Gasteiger partial charge in [0.25, 0.3) is 0 Å². The summed E-state index contributed by atoms with van der Waals surface area (Å²) in [6, 6.07) is 6.82. The number of anilines is 1. The number of nitrogens with zero attached hydrogens (tertiary/aromatic N) is 2. The van der Waals surface area contributed by atoms with Crippen LogP contribution in [0.3, 0.4) is 0 Å². The SMILES string of the molecule is CCc1cccc(CC)c1NC(=O)CSc1nc(C)c(C)n1C1CCCC1. The summed E-state index contributed by atoms with van der Waals surface area (Å²) in [6.45, 7) is 8.47. The summed E-state index contributed by atoms with van der Waals surface area (Å²) in [5.74, 6) is 0.441. The number of carbonyl (C=O) groups excluding carboxylic acids is 1. The Kier molecular flexibility index (Phi) is 6.64. The molecule has 1 amide bonds. The van der Waals surface area contributed by atoms with Crippen molar-refractivity contribution >= 4 is 23.4 Å². The molecular formula is C22H31N3OS. The predicted molar refractivity (Wildman–Crippen MR) is 114 cm³/mol. The standard InChI is InChI=1S/C22H31N3OS/c1-5-17-10-9-11-18(6-2)21(17)24-20(26)14-27-22-23-15(3)16(4)25(22)19-12-7-8-13-19/h9-11,19H,5-8,12-14H2,1-4H3,(H,24,26). The third-order valence-corrected chi connectivity index (χ3v) is 6.59. The molecule has 1 saturated carbocycles. The van der Waals surface area contributed by atoms with E-state index in [0.717, 1.165) is 29.4 Å². The maximum atomic E-state index is 12.7. The molecule has 2 aromatic rings. The maximum Gasteiger partial charge on any atom is 0.234 e. The van der Waals surface area contributed by atoms with Gasteiger partial charge in [-0.2, -0.15) is 0 Å². The lowest BCUT2D eigenvalue weighted by Crippen LogP contribution is -2.17. The van der Waals surface area contributed by atoms with Gasteiger partial charge in [0.15, 0.2) is 5.16 Å². The zero-order valence-electron chi connectivity index (χ0n) is 17.0. The Balaban J connectivity index is 1.71. The van der Waals surface area contributed by atoms with Gasteiger partial charge in [0.2, 0.25) is 5.91 Å². The number of carbonyl (C=O) groups is 1. The Morgan fingerprint density at radius 3 is 2.41 bits per heavy atom. The highest BCUT2D eigenvalue weighted by atomic mass is 32.2. The number of amides is 1. The van der Waals surface area contributed by atoms with Gasteiger partial charge in [0.05, 0.1) is 11.4 Å². The zero-order valence-corrected chi connectivity index (χ0v) is 17.8. The first kappa shape index (κ1) is 20.0. The van der Waals surface area contributed by atoms with Crippen LogP contribution >= 0.6 is 11.8 Å². The Bertz CT molecular complexity index is 784. The first-order valence-corrected chi connectivity index (χ1v) is 11.1. The van der Waals surface area contributed by atoms with Gasteiger partial charge in [-0.1, -0.05) is 56.7 Å². The number of aromatic nitrogens is 2. The molecule has 146 valence electrons. The number of thioether (sulfide) groups is 1. The van der Waals surface area contributed by atoms with Crippen molar-refractivity contribution in [3.8, 4) is 0 Å². The van der Waals surface area contributed by atoms with Crippen LogP contribution in [-0.2, 0) is 17.6 Å². The summed E-state index contributed by atoms with van der Waals surface area (Å²) >= 11 is 1.56. The molecule has 1 aliphatic carbocycles.